The van der Waals surface area contributed by atoms with E-state index in [0.717, 1.165) is 0 Å². The van der Waals surface area contributed by atoms with Crippen molar-refractivity contribution in [2.24, 2.45) is 0 Å². The lowest BCUT2D eigenvalue weighted by Crippen LogP contribution is -2.30. The fourth-order valence-electron chi connectivity index (χ4n) is 1.33. The zero-order chi connectivity index (χ0) is 13.0. The zero-order valence-electron chi connectivity index (χ0n) is 9.13. The zero-order valence-corrected chi connectivity index (χ0v) is 10.7. The monoisotopic (exact) mass is 304 g/mol. The van der Waals surface area contributed by atoms with Crippen molar-refractivity contribution in [3.63, 3.8) is 0 Å². The third-order valence-electron chi connectivity index (χ3n) is 2.15. The molecule has 5 nitrogen and oxygen atoms in total. The molecule has 0 heterocycles. The molecule has 0 radical (unpaired) electrons. The third kappa shape index (κ3) is 3.18. The van der Waals surface area contributed by atoms with Crippen molar-refractivity contribution in [3.8, 4) is 5.75 Å². The van der Waals surface area contributed by atoms with E-state index in [1.807, 2.05) is 0 Å². The van der Waals surface area contributed by atoms with Crippen LogP contribution in [0, 0.1) is 0 Å². The summed E-state index contributed by atoms with van der Waals surface area (Å²) in [6.45, 7) is 1.69. The highest BCUT2D eigenvalue weighted by atomic mass is 79.9. The van der Waals surface area contributed by atoms with Gasteiger partial charge in [-0.2, -0.15) is 0 Å². The number of ether oxygens (including phenoxy) is 1. The van der Waals surface area contributed by atoms with Gasteiger partial charge in [-0.25, -0.2) is 4.79 Å². The Morgan fingerprint density at radius 2 is 2.12 bits per heavy atom. The number of aromatic hydroxyl groups is 1. The third-order valence-corrected chi connectivity index (χ3v) is 2.84. The molecule has 0 fully saturated rings. The van der Waals surface area contributed by atoms with E-state index in [0.29, 0.717) is 4.47 Å². The number of hydrogen-bond acceptors (Lipinski definition) is 5. The molecule has 2 atom stereocenters. The molecule has 0 aliphatic heterocycles. The van der Waals surface area contributed by atoms with E-state index >= 15 is 0 Å². The number of halogens is 1. The molecular weight excluding hydrogens is 292 g/mol. The van der Waals surface area contributed by atoms with Crippen molar-refractivity contribution in [3.05, 3.63) is 28.2 Å². The number of esters is 1. The molecular formula is C11H13BrO5. The van der Waals surface area contributed by atoms with E-state index in [-0.39, 0.29) is 17.9 Å². The Kier molecular flexibility index (Phi) is 4.92. The predicted octanol–water partition coefficient (Wildman–Crippen LogP) is 1.11. The molecule has 0 aliphatic carbocycles. The van der Waals surface area contributed by atoms with E-state index in [4.69, 9.17) is 0 Å². The van der Waals surface area contributed by atoms with Gasteiger partial charge in [0.15, 0.2) is 6.10 Å². The van der Waals surface area contributed by atoms with Crippen LogP contribution >= 0.6 is 15.9 Å². The van der Waals surface area contributed by atoms with Crippen LogP contribution in [0.3, 0.4) is 0 Å². The summed E-state index contributed by atoms with van der Waals surface area (Å²) in [5.74, 6) is -1.15. The number of hydrogen-bond donors (Lipinski definition) is 3. The van der Waals surface area contributed by atoms with Crippen LogP contribution in [0.15, 0.2) is 22.7 Å². The summed E-state index contributed by atoms with van der Waals surface area (Å²) < 4.78 is 4.98. The summed E-state index contributed by atoms with van der Waals surface area (Å²) in [6, 6.07) is 4.49. The Balaban J connectivity index is 2.96. The highest BCUT2D eigenvalue weighted by Crippen LogP contribution is 2.33. The van der Waals surface area contributed by atoms with E-state index in [9.17, 15) is 20.1 Å². The van der Waals surface area contributed by atoms with E-state index in [2.05, 4.69) is 20.7 Å². The first kappa shape index (κ1) is 14.0. The van der Waals surface area contributed by atoms with Crippen LogP contribution < -0.4 is 0 Å². The Morgan fingerprint density at radius 3 is 2.65 bits per heavy atom. The molecule has 0 amide bonds. The topological polar surface area (TPSA) is 87.0 Å². The lowest BCUT2D eigenvalue weighted by Gasteiger charge is -2.18. The van der Waals surface area contributed by atoms with E-state index < -0.39 is 18.2 Å². The van der Waals surface area contributed by atoms with Crippen LogP contribution in [0.1, 0.15) is 18.6 Å². The molecule has 0 saturated heterocycles. The largest absolute Gasteiger partial charge is 0.508 e. The first-order chi connectivity index (χ1) is 7.99. The molecule has 1 aromatic carbocycles. The van der Waals surface area contributed by atoms with Gasteiger partial charge in [-0.3, -0.25) is 0 Å². The van der Waals surface area contributed by atoms with Crippen LogP contribution in [0.4, 0.5) is 0 Å². The van der Waals surface area contributed by atoms with Gasteiger partial charge in [0.1, 0.15) is 11.9 Å². The second-order valence-electron chi connectivity index (χ2n) is 3.31. The standard InChI is InChI=1S/C11H13BrO5/c1-2-17-11(16)10(15)9(14)8-6(12)4-3-5-7(8)13/h3-5,9-10,13-15H,2H2,1H3. The second kappa shape index (κ2) is 6.00. The van der Waals surface area contributed by atoms with E-state index in [1.54, 1.807) is 19.1 Å². The maximum Gasteiger partial charge on any atom is 0.338 e. The van der Waals surface area contributed by atoms with Crippen LogP contribution in [-0.2, 0) is 9.53 Å². The van der Waals surface area contributed by atoms with Gasteiger partial charge in [-0.15, -0.1) is 0 Å². The molecule has 1 aromatic rings. The molecule has 2 unspecified atom stereocenters. The van der Waals surface area contributed by atoms with Crippen molar-refractivity contribution in [1.29, 1.82) is 0 Å². The number of phenolic OH excluding ortho intramolecular Hbond substituents is 1. The van der Waals surface area contributed by atoms with Crippen molar-refractivity contribution in [2.45, 2.75) is 19.1 Å². The Morgan fingerprint density at radius 1 is 1.47 bits per heavy atom. The molecule has 0 spiro atoms. The fourth-order valence-corrected chi connectivity index (χ4v) is 1.92. The Bertz CT molecular complexity index is 387. The average molecular weight is 305 g/mol. The predicted molar refractivity (Wildman–Crippen MR) is 63.4 cm³/mol. The number of rotatable bonds is 4. The quantitative estimate of drug-likeness (QED) is 0.726. The normalized spacial score (nSPS) is 14.1. The molecule has 1 rings (SSSR count). The molecule has 17 heavy (non-hydrogen) atoms. The lowest BCUT2D eigenvalue weighted by molar-refractivity contribution is -0.159. The molecule has 6 heteroatoms. The average Bonchev–Trinajstić information content (AvgIpc) is 2.27. The van der Waals surface area contributed by atoms with Crippen molar-refractivity contribution >= 4 is 21.9 Å². The summed E-state index contributed by atoms with van der Waals surface area (Å²) in [5.41, 5.74) is 0.0491. The number of phenols is 1. The molecule has 0 aromatic heterocycles. The number of aliphatic hydroxyl groups is 2. The Hall–Kier alpha value is -1.11. The van der Waals surface area contributed by atoms with Crippen LogP contribution in [0.2, 0.25) is 0 Å². The highest BCUT2D eigenvalue weighted by molar-refractivity contribution is 9.10. The van der Waals surface area contributed by atoms with Gasteiger partial charge < -0.3 is 20.1 Å². The Labute approximate surface area is 107 Å². The number of carbonyl (C=O) groups is 1. The minimum absolute atomic E-state index is 0.0491. The van der Waals surface area contributed by atoms with Gasteiger partial charge in [0.2, 0.25) is 0 Å². The van der Waals surface area contributed by atoms with E-state index in [1.165, 1.54) is 6.07 Å². The smallest absolute Gasteiger partial charge is 0.338 e. The van der Waals surface area contributed by atoms with Crippen LogP contribution in [0.5, 0.6) is 5.75 Å². The van der Waals surface area contributed by atoms with Crippen LogP contribution in [-0.4, -0.2) is 34.0 Å². The summed E-state index contributed by atoms with van der Waals surface area (Å²) >= 11 is 3.12. The van der Waals surface area contributed by atoms with Crippen molar-refractivity contribution in [2.75, 3.05) is 6.61 Å². The number of aliphatic hydroxyl groups excluding tert-OH is 2. The maximum absolute atomic E-state index is 11.3. The van der Waals surface area contributed by atoms with Crippen molar-refractivity contribution < 1.29 is 24.9 Å². The van der Waals surface area contributed by atoms with Crippen molar-refractivity contribution in [1.82, 2.24) is 0 Å². The minimum atomic E-state index is -1.74. The summed E-state index contributed by atoms with van der Waals surface area (Å²) in [4.78, 5) is 11.3. The lowest BCUT2D eigenvalue weighted by atomic mass is 10.0. The van der Waals surface area contributed by atoms with Gasteiger partial charge in [-0.1, -0.05) is 22.0 Å². The van der Waals surface area contributed by atoms with Crippen LogP contribution in [0.25, 0.3) is 0 Å². The molecule has 0 bridgehead atoms. The highest BCUT2D eigenvalue weighted by Gasteiger charge is 2.30. The number of benzene rings is 1. The van der Waals surface area contributed by atoms with Gasteiger partial charge in [0.25, 0.3) is 0 Å². The molecule has 3 N–H and O–H groups in total. The van der Waals surface area contributed by atoms with Gasteiger partial charge in [0, 0.05) is 10.0 Å². The summed E-state index contributed by atoms with van der Waals surface area (Å²) in [5, 5.41) is 28.9. The maximum atomic E-state index is 11.3. The second-order valence-corrected chi connectivity index (χ2v) is 4.17. The summed E-state index contributed by atoms with van der Waals surface area (Å²) in [7, 11) is 0. The first-order valence-electron chi connectivity index (χ1n) is 4.99. The van der Waals surface area contributed by atoms with Gasteiger partial charge >= 0.3 is 5.97 Å². The van der Waals surface area contributed by atoms with Gasteiger partial charge in [-0.05, 0) is 19.1 Å². The minimum Gasteiger partial charge on any atom is -0.508 e. The summed E-state index contributed by atoms with van der Waals surface area (Å²) in [6.07, 6.45) is -3.29. The molecule has 0 saturated carbocycles. The fraction of sp³-hybridized carbons (Fsp3) is 0.364. The molecule has 0 aliphatic rings. The first-order valence-corrected chi connectivity index (χ1v) is 5.78. The number of carbonyl (C=O) groups excluding carboxylic acids is 1. The van der Waals surface area contributed by atoms with Gasteiger partial charge in [0.05, 0.1) is 6.61 Å². The molecule has 94 valence electrons. The SMILES string of the molecule is CCOC(=O)C(O)C(O)c1c(O)cccc1Br.